The standard InChI is InChI=1S/C15H27N3O/c19-15(18-8-3-1-2-4-9-18)16-13-7-11-17-10-5-6-14(17)12-13/h13-14H,1-12H2,(H,16,19). The smallest absolute Gasteiger partial charge is 0.317 e. The Balaban J connectivity index is 1.48. The number of carbonyl (C=O) groups excluding carboxylic acids is 1. The van der Waals surface area contributed by atoms with Gasteiger partial charge in [0.1, 0.15) is 0 Å². The molecule has 0 spiro atoms. The molecular formula is C15H27N3O. The maximum Gasteiger partial charge on any atom is 0.317 e. The molecular weight excluding hydrogens is 238 g/mol. The van der Waals surface area contributed by atoms with Crippen molar-refractivity contribution in [1.29, 1.82) is 0 Å². The zero-order valence-corrected chi connectivity index (χ0v) is 11.9. The molecule has 0 radical (unpaired) electrons. The van der Waals surface area contributed by atoms with E-state index in [0.717, 1.165) is 25.6 Å². The quantitative estimate of drug-likeness (QED) is 0.789. The fraction of sp³-hybridized carbons (Fsp3) is 0.933. The molecule has 108 valence electrons. The van der Waals surface area contributed by atoms with Gasteiger partial charge < -0.3 is 15.1 Å². The average Bonchev–Trinajstić information content (AvgIpc) is 2.71. The van der Waals surface area contributed by atoms with Gasteiger partial charge in [-0.15, -0.1) is 0 Å². The number of nitrogens with zero attached hydrogens (tertiary/aromatic N) is 2. The van der Waals surface area contributed by atoms with E-state index < -0.39 is 0 Å². The van der Waals surface area contributed by atoms with Crippen LogP contribution in [0.5, 0.6) is 0 Å². The Morgan fingerprint density at radius 2 is 1.68 bits per heavy atom. The number of fused-ring (bicyclic) bond motifs is 1. The van der Waals surface area contributed by atoms with E-state index in [2.05, 4.69) is 10.2 Å². The Kier molecular flexibility index (Phi) is 4.26. The zero-order valence-electron chi connectivity index (χ0n) is 11.9. The van der Waals surface area contributed by atoms with Crippen molar-refractivity contribution in [3.05, 3.63) is 0 Å². The van der Waals surface area contributed by atoms with Gasteiger partial charge in [0.2, 0.25) is 0 Å². The van der Waals surface area contributed by atoms with E-state index in [0.29, 0.717) is 6.04 Å². The minimum absolute atomic E-state index is 0.193. The largest absolute Gasteiger partial charge is 0.335 e. The molecule has 3 aliphatic rings. The Bertz CT molecular complexity index is 313. The Hall–Kier alpha value is -0.770. The maximum atomic E-state index is 12.3. The van der Waals surface area contributed by atoms with E-state index >= 15 is 0 Å². The normalized spacial score (nSPS) is 32.7. The zero-order chi connectivity index (χ0) is 13.1. The van der Waals surface area contributed by atoms with E-state index in [1.165, 1.54) is 58.0 Å². The summed E-state index contributed by atoms with van der Waals surface area (Å²) in [5.41, 5.74) is 0. The molecule has 3 rings (SSSR count). The van der Waals surface area contributed by atoms with Gasteiger partial charge in [-0.3, -0.25) is 0 Å². The third-order valence-electron chi connectivity index (χ3n) is 5.04. The van der Waals surface area contributed by atoms with Crippen LogP contribution >= 0.6 is 0 Å². The van der Waals surface area contributed by atoms with Gasteiger partial charge in [-0.25, -0.2) is 4.79 Å². The summed E-state index contributed by atoms with van der Waals surface area (Å²) in [7, 11) is 0. The third kappa shape index (κ3) is 3.22. The van der Waals surface area contributed by atoms with Crippen molar-refractivity contribution in [1.82, 2.24) is 15.1 Å². The van der Waals surface area contributed by atoms with Crippen molar-refractivity contribution >= 4 is 6.03 Å². The predicted octanol–water partition coefficient (Wildman–Crippen LogP) is 2.20. The molecule has 1 N–H and O–H groups in total. The first-order valence-corrected chi connectivity index (χ1v) is 8.12. The van der Waals surface area contributed by atoms with Crippen molar-refractivity contribution in [3.63, 3.8) is 0 Å². The number of likely N-dealkylation sites (tertiary alicyclic amines) is 1. The number of urea groups is 1. The minimum Gasteiger partial charge on any atom is -0.335 e. The number of nitrogens with one attached hydrogen (secondary N) is 1. The number of amides is 2. The van der Waals surface area contributed by atoms with Crippen LogP contribution in [0.4, 0.5) is 4.79 Å². The molecule has 3 fully saturated rings. The summed E-state index contributed by atoms with van der Waals surface area (Å²) in [4.78, 5) is 17.0. The molecule has 19 heavy (non-hydrogen) atoms. The SMILES string of the molecule is O=C(NC1CCN2CCCC2C1)N1CCCCCC1. The highest BCUT2D eigenvalue weighted by molar-refractivity contribution is 5.74. The van der Waals surface area contributed by atoms with Crippen LogP contribution in [0.25, 0.3) is 0 Å². The van der Waals surface area contributed by atoms with Crippen LogP contribution in [0, 0.1) is 0 Å². The molecule has 0 saturated carbocycles. The summed E-state index contributed by atoms with van der Waals surface area (Å²) in [6.07, 6.45) is 9.89. The third-order valence-corrected chi connectivity index (χ3v) is 5.04. The lowest BCUT2D eigenvalue weighted by Gasteiger charge is -2.36. The van der Waals surface area contributed by atoms with Crippen LogP contribution in [0.1, 0.15) is 51.4 Å². The van der Waals surface area contributed by atoms with E-state index in [9.17, 15) is 4.79 Å². The second-order valence-corrected chi connectivity index (χ2v) is 6.40. The van der Waals surface area contributed by atoms with Crippen LogP contribution in [0.2, 0.25) is 0 Å². The van der Waals surface area contributed by atoms with Crippen molar-refractivity contribution in [2.24, 2.45) is 0 Å². The van der Waals surface area contributed by atoms with Gasteiger partial charge in [0, 0.05) is 31.7 Å². The van der Waals surface area contributed by atoms with Gasteiger partial charge in [0.15, 0.2) is 0 Å². The molecule has 4 heteroatoms. The lowest BCUT2D eigenvalue weighted by Crippen LogP contribution is -2.51. The van der Waals surface area contributed by atoms with Gasteiger partial charge in [0.25, 0.3) is 0 Å². The van der Waals surface area contributed by atoms with Crippen molar-refractivity contribution in [2.45, 2.75) is 63.5 Å². The molecule has 0 aromatic rings. The van der Waals surface area contributed by atoms with Crippen LogP contribution in [0.3, 0.4) is 0 Å². The fourth-order valence-electron chi connectivity index (χ4n) is 3.90. The first kappa shape index (κ1) is 13.2. The Morgan fingerprint density at radius 3 is 2.47 bits per heavy atom. The molecule has 3 aliphatic heterocycles. The van der Waals surface area contributed by atoms with Gasteiger partial charge >= 0.3 is 6.03 Å². The number of hydrogen-bond acceptors (Lipinski definition) is 2. The molecule has 2 amide bonds. The van der Waals surface area contributed by atoms with Crippen LogP contribution < -0.4 is 5.32 Å². The second kappa shape index (κ2) is 6.12. The second-order valence-electron chi connectivity index (χ2n) is 6.40. The lowest BCUT2D eigenvalue weighted by molar-refractivity contribution is 0.155. The van der Waals surface area contributed by atoms with E-state index in [1.54, 1.807) is 0 Å². The van der Waals surface area contributed by atoms with E-state index in [1.807, 2.05) is 4.90 Å². The highest BCUT2D eigenvalue weighted by Crippen LogP contribution is 2.26. The van der Waals surface area contributed by atoms with Crippen LogP contribution in [-0.4, -0.2) is 54.1 Å². The first-order chi connectivity index (χ1) is 9.33. The average molecular weight is 265 g/mol. The lowest BCUT2D eigenvalue weighted by atomic mass is 9.98. The monoisotopic (exact) mass is 265 g/mol. The maximum absolute atomic E-state index is 12.3. The summed E-state index contributed by atoms with van der Waals surface area (Å²) < 4.78 is 0. The summed E-state index contributed by atoms with van der Waals surface area (Å²) in [6, 6.07) is 1.34. The summed E-state index contributed by atoms with van der Waals surface area (Å²) in [5, 5.41) is 3.29. The summed E-state index contributed by atoms with van der Waals surface area (Å²) in [5.74, 6) is 0. The Morgan fingerprint density at radius 1 is 0.895 bits per heavy atom. The van der Waals surface area contributed by atoms with E-state index in [-0.39, 0.29) is 6.03 Å². The topological polar surface area (TPSA) is 35.6 Å². The highest BCUT2D eigenvalue weighted by Gasteiger charge is 2.32. The molecule has 4 nitrogen and oxygen atoms in total. The molecule has 2 unspecified atom stereocenters. The number of hydrogen-bond donors (Lipinski definition) is 1. The molecule has 3 saturated heterocycles. The van der Waals surface area contributed by atoms with Crippen molar-refractivity contribution in [3.8, 4) is 0 Å². The molecule has 0 aliphatic carbocycles. The van der Waals surface area contributed by atoms with Crippen molar-refractivity contribution in [2.75, 3.05) is 26.2 Å². The Labute approximate surface area is 116 Å². The highest BCUT2D eigenvalue weighted by atomic mass is 16.2. The summed E-state index contributed by atoms with van der Waals surface area (Å²) >= 11 is 0. The van der Waals surface area contributed by atoms with Gasteiger partial charge in [-0.2, -0.15) is 0 Å². The minimum atomic E-state index is 0.193. The van der Waals surface area contributed by atoms with E-state index in [4.69, 9.17) is 0 Å². The summed E-state index contributed by atoms with van der Waals surface area (Å²) in [6.45, 7) is 4.36. The van der Waals surface area contributed by atoms with Crippen LogP contribution in [-0.2, 0) is 0 Å². The van der Waals surface area contributed by atoms with Crippen molar-refractivity contribution < 1.29 is 4.79 Å². The molecule has 3 heterocycles. The predicted molar refractivity (Wildman–Crippen MR) is 76.2 cm³/mol. The van der Waals surface area contributed by atoms with Gasteiger partial charge in [0.05, 0.1) is 0 Å². The first-order valence-electron chi connectivity index (χ1n) is 8.12. The number of rotatable bonds is 1. The molecule has 2 atom stereocenters. The number of carbonyl (C=O) groups is 1. The van der Waals surface area contributed by atoms with Crippen LogP contribution in [0.15, 0.2) is 0 Å². The fourth-order valence-corrected chi connectivity index (χ4v) is 3.90. The van der Waals surface area contributed by atoms with Gasteiger partial charge in [-0.1, -0.05) is 12.8 Å². The number of piperidine rings is 1. The molecule has 0 aromatic heterocycles. The van der Waals surface area contributed by atoms with Gasteiger partial charge in [-0.05, 0) is 45.1 Å². The molecule has 0 aromatic carbocycles. The molecule has 0 bridgehead atoms.